The highest BCUT2D eigenvalue weighted by Gasteiger charge is 2.08. The van der Waals surface area contributed by atoms with E-state index in [1.165, 1.54) is 0 Å². The van der Waals surface area contributed by atoms with E-state index in [0.717, 1.165) is 38.5 Å². The average Bonchev–Trinajstić information content (AvgIpc) is 2.61. The van der Waals surface area contributed by atoms with Crippen LogP contribution in [0.1, 0.15) is 59.2 Å². The highest BCUT2D eigenvalue weighted by molar-refractivity contribution is 5.97. The van der Waals surface area contributed by atoms with Gasteiger partial charge < -0.3 is 22.1 Å². The van der Waals surface area contributed by atoms with Crippen LogP contribution in [0.4, 0.5) is 0 Å². The molecule has 6 heteroatoms. The summed E-state index contributed by atoms with van der Waals surface area (Å²) in [5, 5.41) is 5.74. The molecule has 0 fully saturated rings. The molecule has 0 spiro atoms. The van der Waals surface area contributed by atoms with Crippen molar-refractivity contribution in [2.24, 2.45) is 11.5 Å². The summed E-state index contributed by atoms with van der Waals surface area (Å²) in [5.74, 6) is -0.229. The number of nitrogens with two attached hydrogens (primary N) is 2. The Labute approximate surface area is 144 Å². The van der Waals surface area contributed by atoms with Crippen molar-refractivity contribution < 1.29 is 9.59 Å². The molecule has 0 aliphatic carbocycles. The zero-order chi connectivity index (χ0) is 17.6. The fourth-order valence-corrected chi connectivity index (χ4v) is 2.27. The first kappa shape index (κ1) is 20.1. The Morgan fingerprint density at radius 1 is 0.667 bits per heavy atom. The van der Waals surface area contributed by atoms with E-state index in [9.17, 15) is 9.59 Å². The number of benzene rings is 1. The van der Waals surface area contributed by atoms with Gasteiger partial charge >= 0.3 is 0 Å². The van der Waals surface area contributed by atoms with Gasteiger partial charge in [-0.05, 0) is 63.0 Å². The number of nitrogens with one attached hydrogen (secondary N) is 2. The Hall–Kier alpha value is -1.92. The van der Waals surface area contributed by atoms with E-state index in [-0.39, 0.29) is 11.8 Å². The van der Waals surface area contributed by atoms with Crippen LogP contribution in [0, 0.1) is 0 Å². The normalized spacial score (nSPS) is 10.4. The quantitative estimate of drug-likeness (QED) is 0.433. The zero-order valence-corrected chi connectivity index (χ0v) is 14.4. The molecule has 0 radical (unpaired) electrons. The van der Waals surface area contributed by atoms with E-state index < -0.39 is 0 Å². The maximum atomic E-state index is 12.0. The van der Waals surface area contributed by atoms with Crippen molar-refractivity contribution in [3.05, 3.63) is 35.4 Å². The lowest BCUT2D eigenvalue weighted by atomic mass is 10.1. The molecule has 6 N–H and O–H groups in total. The maximum absolute atomic E-state index is 12.0. The molecule has 6 nitrogen and oxygen atoms in total. The predicted molar refractivity (Wildman–Crippen MR) is 96.9 cm³/mol. The van der Waals surface area contributed by atoms with Crippen molar-refractivity contribution in [2.75, 3.05) is 26.2 Å². The number of carbonyl (C=O) groups excluding carboxylic acids is 2. The summed E-state index contributed by atoms with van der Waals surface area (Å²) in [4.78, 5) is 24.0. The van der Waals surface area contributed by atoms with Crippen LogP contribution in [0.15, 0.2) is 24.3 Å². The van der Waals surface area contributed by atoms with Crippen molar-refractivity contribution in [2.45, 2.75) is 38.5 Å². The van der Waals surface area contributed by atoms with E-state index in [1.54, 1.807) is 24.3 Å². The Morgan fingerprint density at radius 2 is 1.04 bits per heavy atom. The van der Waals surface area contributed by atoms with Crippen LogP contribution < -0.4 is 22.1 Å². The second-order valence-corrected chi connectivity index (χ2v) is 5.79. The fraction of sp³-hybridized carbons (Fsp3) is 0.556. The van der Waals surface area contributed by atoms with Crippen molar-refractivity contribution in [3.63, 3.8) is 0 Å². The van der Waals surface area contributed by atoms with Crippen molar-refractivity contribution in [3.8, 4) is 0 Å². The molecule has 0 unspecified atom stereocenters. The van der Waals surface area contributed by atoms with Gasteiger partial charge in [-0.25, -0.2) is 0 Å². The summed E-state index contributed by atoms with van der Waals surface area (Å²) in [6.07, 6.45) is 5.83. The van der Waals surface area contributed by atoms with E-state index in [2.05, 4.69) is 10.6 Å². The molecule has 0 bridgehead atoms. The third kappa shape index (κ3) is 8.08. The van der Waals surface area contributed by atoms with E-state index in [0.29, 0.717) is 37.3 Å². The van der Waals surface area contributed by atoms with Gasteiger partial charge in [0.1, 0.15) is 0 Å². The summed E-state index contributed by atoms with van der Waals surface area (Å²) in [7, 11) is 0. The first-order chi connectivity index (χ1) is 11.7. The Balaban J connectivity index is 2.33. The van der Waals surface area contributed by atoms with Crippen molar-refractivity contribution in [1.29, 1.82) is 0 Å². The summed E-state index contributed by atoms with van der Waals surface area (Å²) in [6, 6.07) is 6.72. The van der Waals surface area contributed by atoms with E-state index in [1.807, 2.05) is 0 Å². The number of unbranched alkanes of at least 4 members (excludes halogenated alkanes) is 4. The largest absolute Gasteiger partial charge is 0.352 e. The van der Waals surface area contributed by atoms with Crippen LogP contribution in [-0.4, -0.2) is 38.0 Å². The van der Waals surface area contributed by atoms with Gasteiger partial charge in [-0.1, -0.05) is 12.8 Å². The lowest BCUT2D eigenvalue weighted by Crippen LogP contribution is -2.26. The van der Waals surface area contributed by atoms with Gasteiger partial charge in [-0.2, -0.15) is 0 Å². The first-order valence-corrected chi connectivity index (χ1v) is 8.75. The molecule has 1 aromatic rings. The summed E-state index contributed by atoms with van der Waals surface area (Å²) in [5.41, 5.74) is 12.0. The highest BCUT2D eigenvalue weighted by Crippen LogP contribution is 2.05. The number of amides is 2. The molecule has 24 heavy (non-hydrogen) atoms. The molecule has 0 saturated carbocycles. The van der Waals surface area contributed by atoms with Crippen LogP contribution >= 0.6 is 0 Å². The van der Waals surface area contributed by atoms with Gasteiger partial charge in [0.25, 0.3) is 11.8 Å². The third-order valence-electron chi connectivity index (χ3n) is 3.74. The molecule has 134 valence electrons. The Morgan fingerprint density at radius 3 is 1.38 bits per heavy atom. The number of hydrogen-bond donors (Lipinski definition) is 4. The average molecular weight is 334 g/mol. The molecular weight excluding hydrogens is 304 g/mol. The van der Waals surface area contributed by atoms with Gasteiger partial charge in [0.05, 0.1) is 0 Å². The summed E-state index contributed by atoms with van der Waals surface area (Å²) in [6.45, 7) is 2.66. The molecule has 0 saturated heterocycles. The van der Waals surface area contributed by atoms with Crippen LogP contribution in [0.5, 0.6) is 0 Å². The van der Waals surface area contributed by atoms with Crippen LogP contribution in [-0.2, 0) is 0 Å². The number of carbonyl (C=O) groups is 2. The summed E-state index contributed by atoms with van der Waals surface area (Å²) >= 11 is 0. The Bertz CT molecular complexity index is 443. The minimum Gasteiger partial charge on any atom is -0.352 e. The molecule has 0 atom stereocenters. The van der Waals surface area contributed by atoms with Crippen LogP contribution in [0.2, 0.25) is 0 Å². The molecule has 0 aliphatic heterocycles. The maximum Gasteiger partial charge on any atom is 0.251 e. The minimum atomic E-state index is -0.114. The van der Waals surface area contributed by atoms with E-state index >= 15 is 0 Å². The van der Waals surface area contributed by atoms with Crippen molar-refractivity contribution >= 4 is 11.8 Å². The minimum absolute atomic E-state index is 0.114. The molecule has 1 aromatic carbocycles. The molecular formula is C18H30N4O2. The first-order valence-electron chi connectivity index (χ1n) is 8.75. The van der Waals surface area contributed by atoms with Crippen molar-refractivity contribution in [1.82, 2.24) is 10.6 Å². The molecule has 1 rings (SSSR count). The number of hydrogen-bond acceptors (Lipinski definition) is 4. The van der Waals surface area contributed by atoms with Crippen LogP contribution in [0.3, 0.4) is 0 Å². The van der Waals surface area contributed by atoms with E-state index in [4.69, 9.17) is 11.5 Å². The molecule has 0 aliphatic rings. The van der Waals surface area contributed by atoms with Gasteiger partial charge in [-0.15, -0.1) is 0 Å². The molecule has 0 heterocycles. The summed E-state index contributed by atoms with van der Waals surface area (Å²) < 4.78 is 0. The number of rotatable bonds is 12. The third-order valence-corrected chi connectivity index (χ3v) is 3.74. The monoisotopic (exact) mass is 334 g/mol. The van der Waals surface area contributed by atoms with Gasteiger partial charge in [0.15, 0.2) is 0 Å². The molecule has 2 amide bonds. The second-order valence-electron chi connectivity index (χ2n) is 5.79. The molecule has 0 aromatic heterocycles. The van der Waals surface area contributed by atoms with Crippen LogP contribution in [0.25, 0.3) is 0 Å². The van der Waals surface area contributed by atoms with Gasteiger partial charge in [-0.3, -0.25) is 9.59 Å². The lowest BCUT2D eigenvalue weighted by Gasteiger charge is -2.07. The standard InChI is InChI=1S/C18H30N4O2/c19-11-3-1-5-13-21-17(23)15-7-9-16(10-8-15)18(24)22-14-6-2-4-12-20/h7-10H,1-6,11-14,19-20H2,(H,21,23)(H,22,24). The lowest BCUT2D eigenvalue weighted by molar-refractivity contribution is 0.0941. The Kier molecular flexibility index (Phi) is 10.5. The SMILES string of the molecule is NCCCCCNC(=O)c1ccc(C(=O)NCCCCCN)cc1. The smallest absolute Gasteiger partial charge is 0.251 e. The topological polar surface area (TPSA) is 110 Å². The second kappa shape index (κ2) is 12.5. The predicted octanol–water partition coefficient (Wildman–Crippen LogP) is 1.40. The van der Waals surface area contributed by atoms with Gasteiger partial charge in [0, 0.05) is 24.2 Å². The van der Waals surface area contributed by atoms with Gasteiger partial charge in [0.2, 0.25) is 0 Å². The zero-order valence-electron chi connectivity index (χ0n) is 14.4. The fourth-order valence-electron chi connectivity index (χ4n) is 2.27. The highest BCUT2D eigenvalue weighted by atomic mass is 16.2.